The van der Waals surface area contributed by atoms with Crippen molar-refractivity contribution in [2.24, 2.45) is 0 Å². The first-order valence-corrected chi connectivity index (χ1v) is 4.08. The molecule has 4 nitrogen and oxygen atoms in total. The molecule has 0 atom stereocenters. The van der Waals surface area contributed by atoms with Crippen molar-refractivity contribution in [2.45, 2.75) is 12.8 Å². The number of hydrogen-bond acceptors (Lipinski definition) is 4. The van der Waals surface area contributed by atoms with Crippen molar-refractivity contribution in [2.75, 3.05) is 17.6 Å². The molecule has 0 spiro atoms. The van der Waals surface area contributed by atoms with Gasteiger partial charge in [0.1, 0.15) is 11.6 Å². The van der Waals surface area contributed by atoms with E-state index in [1.165, 1.54) is 6.20 Å². The van der Waals surface area contributed by atoms with E-state index < -0.39 is 0 Å². The minimum atomic E-state index is 0.418. The third kappa shape index (κ3) is 3.43. The van der Waals surface area contributed by atoms with Gasteiger partial charge in [0, 0.05) is 13.0 Å². The van der Waals surface area contributed by atoms with Crippen molar-refractivity contribution in [3.63, 3.8) is 0 Å². The van der Waals surface area contributed by atoms with Crippen molar-refractivity contribution in [3.05, 3.63) is 12.4 Å². The molecule has 1 aromatic rings. The minimum Gasteiger partial charge on any atom is -0.382 e. The molecule has 0 aliphatic heterocycles. The molecule has 0 fully saturated rings. The zero-order valence-corrected chi connectivity index (χ0v) is 7.33. The molecule has 68 valence electrons. The second-order valence-electron chi connectivity index (χ2n) is 2.56. The van der Waals surface area contributed by atoms with Gasteiger partial charge in [0.25, 0.3) is 0 Å². The van der Waals surface area contributed by atoms with E-state index in [1.807, 2.05) is 0 Å². The summed E-state index contributed by atoms with van der Waals surface area (Å²) in [5.41, 5.74) is 5.44. The van der Waals surface area contributed by atoms with Gasteiger partial charge in [0.2, 0.25) is 0 Å². The van der Waals surface area contributed by atoms with E-state index in [0.29, 0.717) is 11.6 Å². The number of nitrogens with zero attached hydrogens (tertiary/aromatic N) is 2. The van der Waals surface area contributed by atoms with Crippen LogP contribution in [0, 0.1) is 12.3 Å². The molecular formula is C9H12N4. The summed E-state index contributed by atoms with van der Waals surface area (Å²) >= 11 is 0. The first-order chi connectivity index (χ1) is 6.33. The highest BCUT2D eigenvalue weighted by Crippen LogP contribution is 2.02. The van der Waals surface area contributed by atoms with Gasteiger partial charge >= 0.3 is 0 Å². The lowest BCUT2D eigenvalue weighted by molar-refractivity contribution is 0.900. The molecule has 0 aromatic carbocycles. The molecule has 0 aliphatic carbocycles. The van der Waals surface area contributed by atoms with Crippen molar-refractivity contribution >= 4 is 11.6 Å². The zero-order valence-electron chi connectivity index (χ0n) is 7.33. The lowest BCUT2D eigenvalue weighted by Crippen LogP contribution is -2.04. The van der Waals surface area contributed by atoms with Gasteiger partial charge in [-0.2, -0.15) is 0 Å². The Morgan fingerprint density at radius 3 is 3.08 bits per heavy atom. The summed E-state index contributed by atoms with van der Waals surface area (Å²) in [4.78, 5) is 7.92. The molecular weight excluding hydrogens is 164 g/mol. The fourth-order valence-corrected chi connectivity index (χ4v) is 0.873. The SMILES string of the molecule is C#CCCCNc1cncc(N)n1. The standard InChI is InChI=1S/C9H12N4/c1-2-3-4-5-12-9-7-11-6-8(10)13-9/h1,6-7H,3-5H2,(H3,10,12,13). The van der Waals surface area contributed by atoms with Crippen LogP contribution in [-0.4, -0.2) is 16.5 Å². The van der Waals surface area contributed by atoms with Crippen LogP contribution < -0.4 is 11.1 Å². The Labute approximate surface area is 77.6 Å². The quantitative estimate of drug-likeness (QED) is 0.528. The molecule has 0 aliphatic rings. The van der Waals surface area contributed by atoms with E-state index in [4.69, 9.17) is 12.2 Å². The molecule has 4 heteroatoms. The maximum Gasteiger partial charge on any atom is 0.146 e. The van der Waals surface area contributed by atoms with Crippen LogP contribution in [0.5, 0.6) is 0 Å². The average Bonchev–Trinajstić information content (AvgIpc) is 2.13. The predicted molar refractivity (Wildman–Crippen MR) is 53.0 cm³/mol. The molecule has 13 heavy (non-hydrogen) atoms. The summed E-state index contributed by atoms with van der Waals surface area (Å²) in [6, 6.07) is 0. The monoisotopic (exact) mass is 176 g/mol. The topological polar surface area (TPSA) is 63.8 Å². The Morgan fingerprint density at radius 1 is 1.54 bits per heavy atom. The third-order valence-electron chi connectivity index (χ3n) is 1.46. The van der Waals surface area contributed by atoms with E-state index >= 15 is 0 Å². The molecule has 0 unspecified atom stereocenters. The summed E-state index contributed by atoms with van der Waals surface area (Å²) in [7, 11) is 0. The number of nitrogen functional groups attached to an aromatic ring is 1. The zero-order chi connectivity index (χ0) is 9.52. The first kappa shape index (κ1) is 9.33. The average molecular weight is 176 g/mol. The summed E-state index contributed by atoms with van der Waals surface area (Å²) in [6.07, 6.45) is 9.93. The van der Waals surface area contributed by atoms with Gasteiger partial charge in [-0.25, -0.2) is 4.98 Å². The molecule has 1 aromatic heterocycles. The van der Waals surface area contributed by atoms with Gasteiger partial charge in [0.15, 0.2) is 0 Å². The Kier molecular flexibility index (Phi) is 3.58. The Bertz CT molecular complexity index is 303. The second-order valence-corrected chi connectivity index (χ2v) is 2.56. The highest BCUT2D eigenvalue weighted by atomic mass is 15.0. The van der Waals surface area contributed by atoms with Gasteiger partial charge in [-0.15, -0.1) is 12.3 Å². The van der Waals surface area contributed by atoms with Gasteiger partial charge in [-0.05, 0) is 6.42 Å². The van der Waals surface area contributed by atoms with Crippen LogP contribution in [0.25, 0.3) is 0 Å². The molecule has 1 heterocycles. The highest BCUT2D eigenvalue weighted by molar-refractivity contribution is 5.38. The van der Waals surface area contributed by atoms with Gasteiger partial charge in [0.05, 0.1) is 12.4 Å². The van der Waals surface area contributed by atoms with E-state index in [1.54, 1.807) is 6.20 Å². The Balaban J connectivity index is 2.33. The minimum absolute atomic E-state index is 0.418. The number of rotatable bonds is 4. The Morgan fingerprint density at radius 2 is 2.38 bits per heavy atom. The summed E-state index contributed by atoms with van der Waals surface area (Å²) in [5, 5.41) is 3.07. The van der Waals surface area contributed by atoms with Crippen LogP contribution in [0.15, 0.2) is 12.4 Å². The van der Waals surface area contributed by atoms with Gasteiger partial charge in [-0.1, -0.05) is 0 Å². The van der Waals surface area contributed by atoms with Gasteiger partial charge < -0.3 is 11.1 Å². The maximum atomic E-state index is 5.44. The number of nitrogens with two attached hydrogens (primary N) is 1. The van der Waals surface area contributed by atoms with Gasteiger partial charge in [-0.3, -0.25) is 4.98 Å². The van der Waals surface area contributed by atoms with E-state index in [9.17, 15) is 0 Å². The van der Waals surface area contributed by atoms with E-state index in [2.05, 4.69) is 21.2 Å². The van der Waals surface area contributed by atoms with Crippen LogP contribution in [0.3, 0.4) is 0 Å². The van der Waals surface area contributed by atoms with Crippen LogP contribution in [0.1, 0.15) is 12.8 Å². The lowest BCUT2D eigenvalue weighted by atomic mass is 10.3. The largest absolute Gasteiger partial charge is 0.382 e. The van der Waals surface area contributed by atoms with Crippen LogP contribution in [-0.2, 0) is 0 Å². The number of terminal acetylenes is 1. The van der Waals surface area contributed by atoms with Crippen molar-refractivity contribution < 1.29 is 0 Å². The summed E-state index contributed by atoms with van der Waals surface area (Å²) in [5.74, 6) is 3.67. The fraction of sp³-hybridized carbons (Fsp3) is 0.333. The normalized spacial score (nSPS) is 9.15. The maximum absolute atomic E-state index is 5.44. The van der Waals surface area contributed by atoms with E-state index in [0.717, 1.165) is 19.4 Å². The van der Waals surface area contributed by atoms with Crippen molar-refractivity contribution in [1.82, 2.24) is 9.97 Å². The van der Waals surface area contributed by atoms with Crippen molar-refractivity contribution in [3.8, 4) is 12.3 Å². The van der Waals surface area contributed by atoms with Crippen LogP contribution >= 0.6 is 0 Å². The van der Waals surface area contributed by atoms with Crippen LogP contribution in [0.2, 0.25) is 0 Å². The number of nitrogens with one attached hydrogen (secondary N) is 1. The molecule has 0 saturated heterocycles. The number of hydrogen-bond donors (Lipinski definition) is 2. The lowest BCUT2D eigenvalue weighted by Gasteiger charge is -2.03. The highest BCUT2D eigenvalue weighted by Gasteiger charge is 1.93. The summed E-state index contributed by atoms with van der Waals surface area (Å²) < 4.78 is 0. The third-order valence-corrected chi connectivity index (χ3v) is 1.46. The number of anilines is 2. The van der Waals surface area contributed by atoms with Crippen molar-refractivity contribution in [1.29, 1.82) is 0 Å². The molecule has 1 rings (SSSR count). The summed E-state index contributed by atoms with van der Waals surface area (Å²) in [6.45, 7) is 0.794. The smallest absolute Gasteiger partial charge is 0.146 e. The van der Waals surface area contributed by atoms with E-state index in [-0.39, 0.29) is 0 Å². The molecule has 0 radical (unpaired) electrons. The first-order valence-electron chi connectivity index (χ1n) is 4.08. The number of aromatic nitrogens is 2. The molecule has 3 N–H and O–H groups in total. The predicted octanol–water partition coefficient (Wildman–Crippen LogP) is 0.884. The van der Waals surface area contributed by atoms with Crippen LogP contribution in [0.4, 0.5) is 11.6 Å². The second kappa shape index (κ2) is 4.99. The molecule has 0 amide bonds. The molecule has 0 bridgehead atoms. The fourth-order valence-electron chi connectivity index (χ4n) is 0.873. The Hall–Kier alpha value is -1.76. The molecule has 0 saturated carbocycles. The number of unbranched alkanes of at least 4 members (excludes halogenated alkanes) is 1.